The van der Waals surface area contributed by atoms with E-state index in [4.69, 9.17) is 4.74 Å². The van der Waals surface area contributed by atoms with Crippen LogP contribution in [0.2, 0.25) is 0 Å². The Kier molecular flexibility index (Phi) is 4.99. The van der Waals surface area contributed by atoms with Crippen LogP contribution in [0, 0.1) is 0 Å². The van der Waals surface area contributed by atoms with Crippen LogP contribution in [-0.4, -0.2) is 40.3 Å². The topological polar surface area (TPSA) is 97.0 Å². The van der Waals surface area contributed by atoms with Crippen LogP contribution in [0.15, 0.2) is 66.9 Å². The van der Waals surface area contributed by atoms with Crippen LogP contribution in [0.3, 0.4) is 0 Å². The fraction of sp³-hybridized carbons (Fsp3) is 0.120. The van der Waals surface area contributed by atoms with E-state index in [-0.39, 0.29) is 11.7 Å². The lowest BCUT2D eigenvalue weighted by atomic mass is 10.0. The molecule has 5 rings (SSSR count). The molecule has 32 heavy (non-hydrogen) atoms. The van der Waals surface area contributed by atoms with E-state index in [2.05, 4.69) is 20.3 Å². The summed E-state index contributed by atoms with van der Waals surface area (Å²) in [5.74, 6) is 1.03. The molecule has 0 radical (unpaired) electrons. The van der Waals surface area contributed by atoms with Gasteiger partial charge in [-0.3, -0.25) is 9.59 Å². The highest BCUT2D eigenvalue weighted by molar-refractivity contribution is 6.09. The summed E-state index contributed by atoms with van der Waals surface area (Å²) >= 11 is 0. The predicted molar refractivity (Wildman–Crippen MR) is 120 cm³/mol. The summed E-state index contributed by atoms with van der Waals surface area (Å²) in [5, 5.41) is 2.85. The molecule has 0 aliphatic carbocycles. The molecule has 1 aliphatic rings. The van der Waals surface area contributed by atoms with Crippen molar-refractivity contribution in [2.45, 2.75) is 6.42 Å². The number of H-pyrrole nitrogens is 1. The maximum Gasteiger partial charge on any atom is 0.253 e. The van der Waals surface area contributed by atoms with Gasteiger partial charge in [0.05, 0.1) is 24.1 Å². The van der Waals surface area contributed by atoms with Gasteiger partial charge in [-0.15, -0.1) is 0 Å². The molecule has 7 heteroatoms. The van der Waals surface area contributed by atoms with E-state index in [1.807, 2.05) is 18.2 Å². The molecule has 2 aromatic heterocycles. The molecular formula is C25H20N4O3. The molecule has 0 saturated heterocycles. The van der Waals surface area contributed by atoms with Crippen molar-refractivity contribution in [2.24, 2.45) is 0 Å². The average molecular weight is 424 g/mol. The van der Waals surface area contributed by atoms with Gasteiger partial charge in [-0.1, -0.05) is 36.4 Å². The SMILES string of the molecule is COc1cccc(C(=O)c2ccc(-c3nccc(-c4cc5c([nH]4)CCNC5=O)n3)cc2)c1. The average Bonchev–Trinajstić information content (AvgIpc) is 3.30. The normalized spacial score (nSPS) is 12.7. The minimum Gasteiger partial charge on any atom is -0.497 e. The summed E-state index contributed by atoms with van der Waals surface area (Å²) in [6.07, 6.45) is 2.45. The van der Waals surface area contributed by atoms with Crippen LogP contribution in [0.5, 0.6) is 5.75 Å². The highest BCUT2D eigenvalue weighted by atomic mass is 16.5. The van der Waals surface area contributed by atoms with Gasteiger partial charge in [0, 0.05) is 41.5 Å². The zero-order valence-electron chi connectivity index (χ0n) is 17.4. The van der Waals surface area contributed by atoms with Gasteiger partial charge in [0.25, 0.3) is 5.91 Å². The number of aromatic amines is 1. The monoisotopic (exact) mass is 424 g/mol. The first-order valence-corrected chi connectivity index (χ1v) is 10.2. The van der Waals surface area contributed by atoms with E-state index in [0.717, 1.165) is 23.4 Å². The molecule has 0 bridgehead atoms. The molecule has 158 valence electrons. The molecule has 7 nitrogen and oxygen atoms in total. The van der Waals surface area contributed by atoms with E-state index in [1.165, 1.54) is 0 Å². The van der Waals surface area contributed by atoms with E-state index in [0.29, 0.717) is 40.5 Å². The maximum absolute atomic E-state index is 12.8. The van der Waals surface area contributed by atoms with Gasteiger partial charge in [-0.2, -0.15) is 0 Å². The standard InChI is InChI=1S/C25H20N4O3/c1-32-18-4-2-3-17(13-18)23(30)15-5-7-16(8-6-15)24-26-11-10-21(29-24)22-14-19-20(28-22)9-12-27-25(19)31/h2-8,10-11,13-14,28H,9,12H2,1H3,(H,27,31). The molecule has 2 N–H and O–H groups in total. The molecule has 2 aromatic carbocycles. The first-order valence-electron chi connectivity index (χ1n) is 10.2. The molecule has 0 atom stereocenters. The second kappa shape index (κ2) is 8.11. The molecule has 0 spiro atoms. The van der Waals surface area contributed by atoms with Crippen molar-refractivity contribution in [3.63, 3.8) is 0 Å². The first kappa shape index (κ1) is 19.7. The number of carbonyl (C=O) groups excluding carboxylic acids is 2. The van der Waals surface area contributed by atoms with Crippen LogP contribution < -0.4 is 10.1 Å². The van der Waals surface area contributed by atoms with Gasteiger partial charge in [0.2, 0.25) is 0 Å². The van der Waals surface area contributed by atoms with Gasteiger partial charge in [0.1, 0.15) is 5.75 Å². The number of nitrogens with zero attached hydrogens (tertiary/aromatic N) is 2. The second-order valence-corrected chi connectivity index (χ2v) is 7.49. The lowest BCUT2D eigenvalue weighted by Gasteiger charge is -2.10. The highest BCUT2D eigenvalue weighted by Gasteiger charge is 2.20. The summed E-state index contributed by atoms with van der Waals surface area (Å²) in [6.45, 7) is 0.627. The van der Waals surface area contributed by atoms with Gasteiger partial charge < -0.3 is 15.0 Å². The van der Waals surface area contributed by atoms with Crippen molar-refractivity contribution < 1.29 is 14.3 Å². The number of methoxy groups -OCH3 is 1. The Morgan fingerprint density at radius 3 is 2.66 bits per heavy atom. The molecular weight excluding hydrogens is 404 g/mol. The van der Waals surface area contributed by atoms with Gasteiger partial charge >= 0.3 is 0 Å². The minimum absolute atomic E-state index is 0.0701. The number of amides is 1. The van der Waals surface area contributed by atoms with Gasteiger partial charge in [-0.25, -0.2) is 9.97 Å². The summed E-state index contributed by atoms with van der Waals surface area (Å²) < 4.78 is 5.20. The van der Waals surface area contributed by atoms with Crippen molar-refractivity contribution in [3.05, 3.63) is 89.2 Å². The van der Waals surface area contributed by atoms with Crippen LogP contribution in [0.25, 0.3) is 22.8 Å². The molecule has 1 aliphatic heterocycles. The number of benzene rings is 2. The third-order valence-corrected chi connectivity index (χ3v) is 5.47. The molecule has 3 heterocycles. The minimum atomic E-state index is -0.0830. The highest BCUT2D eigenvalue weighted by Crippen LogP contribution is 2.25. The number of nitrogens with one attached hydrogen (secondary N) is 2. The third-order valence-electron chi connectivity index (χ3n) is 5.47. The van der Waals surface area contributed by atoms with Crippen molar-refractivity contribution in [1.82, 2.24) is 20.3 Å². The summed E-state index contributed by atoms with van der Waals surface area (Å²) in [4.78, 5) is 37.2. The van der Waals surface area contributed by atoms with Crippen molar-refractivity contribution in [1.29, 1.82) is 0 Å². The lowest BCUT2D eigenvalue weighted by molar-refractivity contribution is 0.0945. The summed E-state index contributed by atoms with van der Waals surface area (Å²) in [6, 6.07) is 17.9. The third kappa shape index (κ3) is 3.65. The zero-order valence-corrected chi connectivity index (χ0v) is 17.4. The number of fused-ring (bicyclic) bond motifs is 1. The Labute approximate surface area is 184 Å². The van der Waals surface area contributed by atoms with Crippen LogP contribution in [0.4, 0.5) is 0 Å². The van der Waals surface area contributed by atoms with Crippen LogP contribution in [-0.2, 0) is 6.42 Å². The summed E-state index contributed by atoms with van der Waals surface area (Å²) in [7, 11) is 1.57. The van der Waals surface area contributed by atoms with E-state index < -0.39 is 0 Å². The number of hydrogen-bond acceptors (Lipinski definition) is 5. The smallest absolute Gasteiger partial charge is 0.253 e. The number of ketones is 1. The molecule has 0 fully saturated rings. The number of ether oxygens (including phenoxy) is 1. The second-order valence-electron chi connectivity index (χ2n) is 7.49. The van der Waals surface area contributed by atoms with Gasteiger partial charge in [-0.05, 0) is 24.3 Å². The van der Waals surface area contributed by atoms with Crippen LogP contribution >= 0.6 is 0 Å². The number of rotatable bonds is 5. The maximum atomic E-state index is 12.8. The number of carbonyl (C=O) groups is 2. The fourth-order valence-electron chi connectivity index (χ4n) is 3.78. The molecule has 4 aromatic rings. The first-order chi connectivity index (χ1) is 15.6. The largest absolute Gasteiger partial charge is 0.497 e. The van der Waals surface area contributed by atoms with E-state index in [1.54, 1.807) is 55.8 Å². The fourth-order valence-corrected chi connectivity index (χ4v) is 3.78. The van der Waals surface area contributed by atoms with E-state index >= 15 is 0 Å². The molecule has 0 saturated carbocycles. The van der Waals surface area contributed by atoms with Crippen molar-refractivity contribution in [3.8, 4) is 28.5 Å². The van der Waals surface area contributed by atoms with Crippen molar-refractivity contribution in [2.75, 3.05) is 13.7 Å². The Balaban J connectivity index is 1.41. The van der Waals surface area contributed by atoms with Crippen molar-refractivity contribution >= 4 is 11.7 Å². The predicted octanol–water partition coefficient (Wildman–Crippen LogP) is 3.66. The van der Waals surface area contributed by atoms with Gasteiger partial charge in [0.15, 0.2) is 11.6 Å². The number of aromatic nitrogens is 3. The molecule has 1 amide bonds. The Hall–Kier alpha value is -4.26. The Morgan fingerprint density at radius 2 is 1.88 bits per heavy atom. The lowest BCUT2D eigenvalue weighted by Crippen LogP contribution is -2.31. The Morgan fingerprint density at radius 1 is 1.03 bits per heavy atom. The van der Waals surface area contributed by atoms with Crippen LogP contribution in [0.1, 0.15) is 32.0 Å². The van der Waals surface area contributed by atoms with E-state index in [9.17, 15) is 9.59 Å². The zero-order chi connectivity index (χ0) is 22.1. The summed E-state index contributed by atoms with van der Waals surface area (Å²) in [5.41, 5.74) is 4.99. The number of hydrogen-bond donors (Lipinski definition) is 2. The quantitative estimate of drug-likeness (QED) is 0.477. The molecule has 0 unspecified atom stereocenters. The Bertz CT molecular complexity index is 1330.